The van der Waals surface area contributed by atoms with Crippen molar-refractivity contribution in [1.29, 1.82) is 0 Å². The Kier molecular flexibility index (Phi) is 2.73. The van der Waals surface area contributed by atoms with Crippen LogP contribution in [0, 0.1) is 0 Å². The van der Waals surface area contributed by atoms with Crippen LogP contribution in [0.15, 0.2) is 6.07 Å². The average Bonchev–Trinajstić information content (AvgIpc) is 2.45. The van der Waals surface area contributed by atoms with Crippen LogP contribution in [-0.4, -0.2) is 26.9 Å². The van der Waals surface area contributed by atoms with Crippen LogP contribution in [0.2, 0.25) is 0 Å². The van der Waals surface area contributed by atoms with E-state index < -0.39 is 5.97 Å². The molecule has 2 rings (SSSR count). The van der Waals surface area contributed by atoms with Crippen molar-refractivity contribution in [3.05, 3.63) is 17.5 Å². The van der Waals surface area contributed by atoms with Gasteiger partial charge in [0.1, 0.15) is 0 Å². The van der Waals surface area contributed by atoms with E-state index in [1.165, 1.54) is 19.3 Å². The lowest BCUT2D eigenvalue weighted by Gasteiger charge is -2.26. The number of hydrogen-bond acceptors (Lipinski definition) is 3. The van der Waals surface area contributed by atoms with Gasteiger partial charge in [-0.1, -0.05) is 6.42 Å². The van der Waals surface area contributed by atoms with Crippen LogP contribution in [0.25, 0.3) is 0 Å². The van der Waals surface area contributed by atoms with Crippen LogP contribution in [0.3, 0.4) is 0 Å². The maximum absolute atomic E-state index is 10.7. The van der Waals surface area contributed by atoms with E-state index in [2.05, 4.69) is 10.4 Å². The van der Waals surface area contributed by atoms with Gasteiger partial charge < -0.3 is 10.4 Å². The van der Waals surface area contributed by atoms with Crippen molar-refractivity contribution < 1.29 is 9.90 Å². The van der Waals surface area contributed by atoms with Crippen molar-refractivity contribution in [3.63, 3.8) is 0 Å². The zero-order valence-corrected chi connectivity index (χ0v) is 8.73. The zero-order chi connectivity index (χ0) is 10.8. The molecule has 0 radical (unpaired) electrons. The highest BCUT2D eigenvalue weighted by Crippen LogP contribution is 2.18. The number of aryl methyl sites for hydroxylation is 1. The third-order valence-electron chi connectivity index (χ3n) is 2.87. The van der Waals surface area contributed by atoms with E-state index >= 15 is 0 Å². The SMILES string of the molecule is Cn1nc(C(=O)O)cc1CNC1CCC1. The highest BCUT2D eigenvalue weighted by atomic mass is 16.4. The standard InChI is InChI=1S/C10H15N3O2/c1-13-8(5-9(12-13)10(14)15)6-11-7-3-2-4-7/h5,7,11H,2-4,6H2,1H3,(H,14,15). The zero-order valence-electron chi connectivity index (χ0n) is 8.73. The molecule has 0 amide bonds. The molecule has 2 N–H and O–H groups in total. The molecule has 82 valence electrons. The Hall–Kier alpha value is -1.36. The summed E-state index contributed by atoms with van der Waals surface area (Å²) in [4.78, 5) is 10.7. The monoisotopic (exact) mass is 209 g/mol. The number of carboxylic acid groups (broad SMARTS) is 1. The fourth-order valence-electron chi connectivity index (χ4n) is 1.64. The predicted octanol–water partition coefficient (Wildman–Crippen LogP) is 0.760. The van der Waals surface area contributed by atoms with E-state index in [1.807, 2.05) is 0 Å². The maximum atomic E-state index is 10.7. The van der Waals surface area contributed by atoms with E-state index in [0.29, 0.717) is 12.6 Å². The van der Waals surface area contributed by atoms with Crippen LogP contribution in [-0.2, 0) is 13.6 Å². The summed E-state index contributed by atoms with van der Waals surface area (Å²) in [5, 5.41) is 16.0. The first kappa shape index (κ1) is 10.2. The number of carboxylic acids is 1. The topological polar surface area (TPSA) is 67.2 Å². The minimum Gasteiger partial charge on any atom is -0.476 e. The van der Waals surface area contributed by atoms with Crippen molar-refractivity contribution in [2.45, 2.75) is 31.8 Å². The molecule has 1 heterocycles. The summed E-state index contributed by atoms with van der Waals surface area (Å²) in [5.74, 6) is -0.972. The van der Waals surface area contributed by atoms with Crippen LogP contribution < -0.4 is 5.32 Å². The highest BCUT2D eigenvalue weighted by Gasteiger charge is 2.17. The molecule has 1 fully saturated rings. The number of carbonyl (C=O) groups is 1. The van der Waals surface area contributed by atoms with Crippen molar-refractivity contribution in [1.82, 2.24) is 15.1 Å². The van der Waals surface area contributed by atoms with Gasteiger partial charge in [0, 0.05) is 19.6 Å². The Morgan fingerprint density at radius 3 is 2.93 bits per heavy atom. The first-order valence-electron chi connectivity index (χ1n) is 5.16. The van der Waals surface area contributed by atoms with Crippen LogP contribution in [0.4, 0.5) is 0 Å². The Labute approximate surface area is 88.1 Å². The molecule has 1 aromatic rings. The molecule has 5 nitrogen and oxygen atoms in total. The van der Waals surface area contributed by atoms with Gasteiger partial charge in [-0.2, -0.15) is 5.10 Å². The van der Waals surface area contributed by atoms with Crippen molar-refractivity contribution in [2.75, 3.05) is 0 Å². The normalized spacial score (nSPS) is 16.3. The van der Waals surface area contributed by atoms with Gasteiger partial charge in [-0.15, -0.1) is 0 Å². The second-order valence-electron chi connectivity index (χ2n) is 3.96. The smallest absolute Gasteiger partial charge is 0.356 e. The third-order valence-corrected chi connectivity index (χ3v) is 2.87. The summed E-state index contributed by atoms with van der Waals surface area (Å²) >= 11 is 0. The van der Waals surface area contributed by atoms with E-state index in [-0.39, 0.29) is 5.69 Å². The highest BCUT2D eigenvalue weighted by molar-refractivity contribution is 5.85. The molecule has 0 bridgehead atoms. The van der Waals surface area contributed by atoms with E-state index in [0.717, 1.165) is 5.69 Å². The second-order valence-corrected chi connectivity index (χ2v) is 3.96. The van der Waals surface area contributed by atoms with Gasteiger partial charge in [0.05, 0.1) is 5.69 Å². The molecule has 1 aromatic heterocycles. The lowest BCUT2D eigenvalue weighted by atomic mass is 9.93. The summed E-state index contributed by atoms with van der Waals surface area (Å²) in [5.41, 5.74) is 1.03. The first-order valence-corrected chi connectivity index (χ1v) is 5.16. The molecule has 0 aliphatic heterocycles. The fourth-order valence-corrected chi connectivity index (χ4v) is 1.64. The van der Waals surface area contributed by atoms with Gasteiger partial charge in [-0.3, -0.25) is 4.68 Å². The molecule has 1 saturated carbocycles. The van der Waals surface area contributed by atoms with E-state index in [1.54, 1.807) is 17.8 Å². The molecule has 0 saturated heterocycles. The number of rotatable bonds is 4. The molecule has 1 aliphatic rings. The molecule has 0 unspecified atom stereocenters. The molecule has 1 aliphatic carbocycles. The number of nitrogens with zero attached hydrogens (tertiary/aromatic N) is 2. The fraction of sp³-hybridized carbons (Fsp3) is 0.600. The van der Waals surface area contributed by atoms with Crippen molar-refractivity contribution >= 4 is 5.97 Å². The van der Waals surface area contributed by atoms with Crippen LogP contribution in [0.1, 0.15) is 35.4 Å². The van der Waals surface area contributed by atoms with Crippen molar-refractivity contribution in [3.8, 4) is 0 Å². The van der Waals surface area contributed by atoms with E-state index in [9.17, 15) is 4.79 Å². The lowest BCUT2D eigenvalue weighted by molar-refractivity contribution is 0.0689. The lowest BCUT2D eigenvalue weighted by Crippen LogP contribution is -2.34. The summed E-state index contributed by atoms with van der Waals surface area (Å²) < 4.78 is 1.62. The van der Waals surface area contributed by atoms with Crippen LogP contribution in [0.5, 0.6) is 0 Å². The molecule has 0 aromatic carbocycles. The molecular weight excluding hydrogens is 194 g/mol. The van der Waals surface area contributed by atoms with Gasteiger partial charge in [-0.25, -0.2) is 4.79 Å². The van der Waals surface area contributed by atoms with Gasteiger partial charge >= 0.3 is 5.97 Å². The summed E-state index contributed by atoms with van der Waals surface area (Å²) in [6.07, 6.45) is 3.75. The molecule has 15 heavy (non-hydrogen) atoms. The summed E-state index contributed by atoms with van der Waals surface area (Å²) in [7, 11) is 1.77. The molecule has 5 heteroatoms. The Morgan fingerprint density at radius 2 is 2.47 bits per heavy atom. The largest absolute Gasteiger partial charge is 0.476 e. The van der Waals surface area contributed by atoms with Gasteiger partial charge in [0.25, 0.3) is 0 Å². The quantitative estimate of drug-likeness (QED) is 0.768. The first-order chi connectivity index (χ1) is 7.16. The Bertz CT molecular complexity index is 369. The van der Waals surface area contributed by atoms with Gasteiger partial charge in [0.2, 0.25) is 0 Å². The predicted molar refractivity (Wildman–Crippen MR) is 54.6 cm³/mol. The maximum Gasteiger partial charge on any atom is 0.356 e. The summed E-state index contributed by atoms with van der Waals surface area (Å²) in [6.45, 7) is 0.696. The number of hydrogen-bond donors (Lipinski definition) is 2. The Morgan fingerprint density at radius 1 is 1.73 bits per heavy atom. The molecular formula is C10H15N3O2. The summed E-state index contributed by atoms with van der Waals surface area (Å²) in [6, 6.07) is 2.22. The minimum absolute atomic E-state index is 0.114. The van der Waals surface area contributed by atoms with E-state index in [4.69, 9.17) is 5.11 Å². The number of aromatic nitrogens is 2. The number of aromatic carboxylic acids is 1. The van der Waals surface area contributed by atoms with Gasteiger partial charge in [0.15, 0.2) is 5.69 Å². The average molecular weight is 209 g/mol. The molecule has 0 atom stereocenters. The minimum atomic E-state index is -0.972. The van der Waals surface area contributed by atoms with Crippen molar-refractivity contribution in [2.24, 2.45) is 7.05 Å². The third kappa shape index (κ3) is 2.18. The van der Waals surface area contributed by atoms with Gasteiger partial charge in [-0.05, 0) is 18.9 Å². The Balaban J connectivity index is 1.97. The molecule has 0 spiro atoms. The van der Waals surface area contributed by atoms with Crippen LogP contribution >= 0.6 is 0 Å². The number of nitrogens with one attached hydrogen (secondary N) is 1. The second kappa shape index (κ2) is 4.02.